The van der Waals surface area contributed by atoms with Gasteiger partial charge in [-0.2, -0.15) is 0 Å². The molecule has 3 atom stereocenters. The lowest BCUT2D eigenvalue weighted by Gasteiger charge is -2.34. The first kappa shape index (κ1) is 15.2. The average Bonchev–Trinajstić information content (AvgIpc) is 2.85. The summed E-state index contributed by atoms with van der Waals surface area (Å²) in [6.45, 7) is 12.4. The Morgan fingerprint density at radius 1 is 1.37 bits per heavy atom. The largest absolute Gasteiger partial charge is 0.381 e. The summed E-state index contributed by atoms with van der Waals surface area (Å²) in [6.07, 6.45) is 2.51. The van der Waals surface area contributed by atoms with Gasteiger partial charge in [0, 0.05) is 37.7 Å². The van der Waals surface area contributed by atoms with E-state index >= 15 is 0 Å². The average molecular weight is 269 g/mol. The van der Waals surface area contributed by atoms with Gasteiger partial charge in [-0.1, -0.05) is 6.92 Å². The van der Waals surface area contributed by atoms with Gasteiger partial charge in [-0.05, 0) is 46.4 Å². The molecule has 2 aliphatic rings. The number of hydrogen-bond acceptors (Lipinski definition) is 4. The van der Waals surface area contributed by atoms with E-state index in [1.54, 1.807) is 0 Å². The fourth-order valence-corrected chi connectivity index (χ4v) is 3.46. The van der Waals surface area contributed by atoms with Gasteiger partial charge in [-0.15, -0.1) is 0 Å². The van der Waals surface area contributed by atoms with Crippen LogP contribution in [0.4, 0.5) is 0 Å². The fourth-order valence-electron chi connectivity index (χ4n) is 3.46. The van der Waals surface area contributed by atoms with Crippen LogP contribution in [0.25, 0.3) is 0 Å². The van der Waals surface area contributed by atoms with Crippen LogP contribution in [0.3, 0.4) is 0 Å². The van der Waals surface area contributed by atoms with Crippen LogP contribution in [0.5, 0.6) is 0 Å². The normalized spacial score (nSPS) is 32.4. The third kappa shape index (κ3) is 4.42. The molecule has 0 aromatic rings. The van der Waals surface area contributed by atoms with Gasteiger partial charge >= 0.3 is 0 Å². The monoisotopic (exact) mass is 269 g/mol. The first-order chi connectivity index (χ1) is 9.20. The van der Waals surface area contributed by atoms with Crippen molar-refractivity contribution in [2.24, 2.45) is 5.92 Å². The number of likely N-dealkylation sites (N-methyl/N-ethyl adjacent to an activating group) is 2. The lowest BCUT2D eigenvalue weighted by atomic mass is 9.98. The van der Waals surface area contributed by atoms with Crippen LogP contribution in [-0.2, 0) is 4.74 Å². The molecule has 0 amide bonds. The van der Waals surface area contributed by atoms with Crippen LogP contribution in [0.2, 0.25) is 0 Å². The molecule has 112 valence electrons. The number of rotatable bonds is 5. The molecule has 0 aromatic carbocycles. The van der Waals surface area contributed by atoms with E-state index in [1.807, 2.05) is 0 Å². The van der Waals surface area contributed by atoms with E-state index in [4.69, 9.17) is 4.74 Å². The van der Waals surface area contributed by atoms with Crippen LogP contribution >= 0.6 is 0 Å². The molecule has 0 spiro atoms. The number of ether oxygens (including phenoxy) is 1. The van der Waals surface area contributed by atoms with Crippen molar-refractivity contribution < 1.29 is 4.74 Å². The van der Waals surface area contributed by atoms with Crippen molar-refractivity contribution in [3.8, 4) is 0 Å². The van der Waals surface area contributed by atoms with Gasteiger partial charge in [0.15, 0.2) is 0 Å². The number of hydrogen-bond donors (Lipinski definition) is 1. The predicted octanol–water partition coefficient (Wildman–Crippen LogP) is 1.03. The molecule has 0 aliphatic carbocycles. The Bertz CT molecular complexity index is 256. The lowest BCUT2D eigenvalue weighted by molar-refractivity contribution is 0.143. The van der Waals surface area contributed by atoms with E-state index in [2.05, 4.69) is 36.0 Å². The standard InChI is InChI=1S/C15H31N3O/c1-4-16-15(14-6-9-19-12-14)11-18-8-5-7-17(3)10-13(18)2/h13-16H,4-12H2,1-3H3. The molecule has 4 heteroatoms. The third-order valence-corrected chi connectivity index (χ3v) is 4.62. The van der Waals surface area contributed by atoms with Crippen molar-refractivity contribution in [2.45, 2.75) is 38.8 Å². The van der Waals surface area contributed by atoms with Crippen LogP contribution in [-0.4, -0.2) is 74.9 Å². The second-order valence-corrected chi connectivity index (χ2v) is 6.25. The second kappa shape index (κ2) is 7.58. The smallest absolute Gasteiger partial charge is 0.0510 e. The molecule has 0 saturated carbocycles. The Morgan fingerprint density at radius 2 is 2.21 bits per heavy atom. The lowest BCUT2D eigenvalue weighted by Crippen LogP contribution is -2.49. The van der Waals surface area contributed by atoms with Crippen molar-refractivity contribution >= 4 is 0 Å². The van der Waals surface area contributed by atoms with E-state index in [9.17, 15) is 0 Å². The molecule has 0 bridgehead atoms. The summed E-state index contributed by atoms with van der Waals surface area (Å²) >= 11 is 0. The Balaban J connectivity index is 1.91. The molecule has 0 radical (unpaired) electrons. The zero-order valence-corrected chi connectivity index (χ0v) is 12.9. The van der Waals surface area contributed by atoms with Gasteiger partial charge in [-0.3, -0.25) is 4.90 Å². The van der Waals surface area contributed by atoms with Gasteiger partial charge < -0.3 is 15.0 Å². The highest BCUT2D eigenvalue weighted by molar-refractivity contribution is 4.85. The quantitative estimate of drug-likeness (QED) is 0.807. The Hall–Kier alpha value is -0.160. The van der Waals surface area contributed by atoms with Crippen LogP contribution in [0.1, 0.15) is 26.7 Å². The first-order valence-corrected chi connectivity index (χ1v) is 7.94. The molecule has 2 fully saturated rings. The van der Waals surface area contributed by atoms with Crippen molar-refractivity contribution in [1.82, 2.24) is 15.1 Å². The highest BCUT2D eigenvalue weighted by Gasteiger charge is 2.29. The molecule has 0 aromatic heterocycles. The molecule has 19 heavy (non-hydrogen) atoms. The number of nitrogens with one attached hydrogen (secondary N) is 1. The second-order valence-electron chi connectivity index (χ2n) is 6.25. The van der Waals surface area contributed by atoms with Crippen molar-refractivity contribution in [3.05, 3.63) is 0 Å². The Kier molecular flexibility index (Phi) is 6.07. The zero-order valence-electron chi connectivity index (χ0n) is 12.9. The minimum Gasteiger partial charge on any atom is -0.381 e. The van der Waals surface area contributed by atoms with E-state index in [0.29, 0.717) is 18.0 Å². The molecule has 1 N–H and O–H groups in total. The minimum absolute atomic E-state index is 0.596. The molecule has 4 nitrogen and oxygen atoms in total. The predicted molar refractivity (Wildman–Crippen MR) is 79.5 cm³/mol. The van der Waals surface area contributed by atoms with Crippen LogP contribution < -0.4 is 5.32 Å². The van der Waals surface area contributed by atoms with E-state index < -0.39 is 0 Å². The number of nitrogens with zero attached hydrogens (tertiary/aromatic N) is 2. The highest BCUT2D eigenvalue weighted by Crippen LogP contribution is 2.19. The Labute approximate surface area is 118 Å². The summed E-state index contributed by atoms with van der Waals surface area (Å²) in [5, 5.41) is 3.69. The van der Waals surface area contributed by atoms with Gasteiger partial charge in [-0.25, -0.2) is 0 Å². The molecular weight excluding hydrogens is 238 g/mol. The maximum absolute atomic E-state index is 5.58. The molecule has 2 heterocycles. The van der Waals surface area contributed by atoms with Crippen LogP contribution in [0, 0.1) is 5.92 Å². The maximum atomic E-state index is 5.58. The Morgan fingerprint density at radius 3 is 2.89 bits per heavy atom. The SMILES string of the molecule is CCNC(CN1CCCN(C)CC1C)C1CCOC1. The molecule has 3 unspecified atom stereocenters. The topological polar surface area (TPSA) is 27.7 Å². The van der Waals surface area contributed by atoms with Crippen molar-refractivity contribution in [3.63, 3.8) is 0 Å². The molecule has 2 saturated heterocycles. The summed E-state index contributed by atoms with van der Waals surface area (Å²) in [5.74, 6) is 0.702. The minimum atomic E-state index is 0.596. The summed E-state index contributed by atoms with van der Waals surface area (Å²) in [4.78, 5) is 5.14. The van der Waals surface area contributed by atoms with Gasteiger partial charge in [0.25, 0.3) is 0 Å². The molecule has 2 aliphatic heterocycles. The first-order valence-electron chi connectivity index (χ1n) is 7.94. The summed E-state index contributed by atoms with van der Waals surface area (Å²) < 4.78 is 5.58. The maximum Gasteiger partial charge on any atom is 0.0510 e. The van der Waals surface area contributed by atoms with Gasteiger partial charge in [0.2, 0.25) is 0 Å². The summed E-state index contributed by atoms with van der Waals surface area (Å²) in [6, 6.07) is 1.26. The molecule has 2 rings (SSSR count). The molecular formula is C15H31N3O. The summed E-state index contributed by atoms with van der Waals surface area (Å²) in [5.41, 5.74) is 0. The third-order valence-electron chi connectivity index (χ3n) is 4.62. The fraction of sp³-hybridized carbons (Fsp3) is 1.00. The van der Waals surface area contributed by atoms with Crippen molar-refractivity contribution in [1.29, 1.82) is 0 Å². The highest BCUT2D eigenvalue weighted by atomic mass is 16.5. The van der Waals surface area contributed by atoms with E-state index in [0.717, 1.165) is 19.8 Å². The van der Waals surface area contributed by atoms with Crippen molar-refractivity contribution in [2.75, 3.05) is 53.0 Å². The van der Waals surface area contributed by atoms with E-state index in [1.165, 1.54) is 39.0 Å². The van der Waals surface area contributed by atoms with Gasteiger partial charge in [0.1, 0.15) is 0 Å². The van der Waals surface area contributed by atoms with Crippen LogP contribution in [0.15, 0.2) is 0 Å². The zero-order chi connectivity index (χ0) is 13.7. The van der Waals surface area contributed by atoms with E-state index in [-0.39, 0.29) is 0 Å². The summed E-state index contributed by atoms with van der Waals surface area (Å²) in [7, 11) is 2.24. The van der Waals surface area contributed by atoms with Gasteiger partial charge in [0.05, 0.1) is 6.61 Å².